The van der Waals surface area contributed by atoms with Crippen molar-refractivity contribution in [1.29, 1.82) is 0 Å². The maximum Gasteiger partial charge on any atom is 0.330 e. The number of aliphatic carboxylic acids is 1. The molecule has 1 atom stereocenters. The third-order valence-electron chi connectivity index (χ3n) is 2.29. The number of azo groups is 1. The Balaban J connectivity index is 2.48. The van der Waals surface area contributed by atoms with E-state index in [4.69, 9.17) is 9.84 Å². The molecule has 0 aliphatic carbocycles. The van der Waals surface area contributed by atoms with Crippen LogP contribution in [0.25, 0.3) is 0 Å². The molecule has 17 heavy (non-hydrogen) atoms. The van der Waals surface area contributed by atoms with E-state index in [0.29, 0.717) is 13.0 Å². The largest absolute Gasteiger partial charge is 0.496 e. The number of carboxylic acids is 1. The lowest BCUT2D eigenvalue weighted by atomic mass is 10.1. The Morgan fingerprint density at radius 2 is 2.18 bits per heavy atom. The Morgan fingerprint density at radius 3 is 2.82 bits per heavy atom. The topological polar surface area (TPSA) is 71.2 Å². The highest BCUT2D eigenvalue weighted by Crippen LogP contribution is 2.17. The van der Waals surface area contributed by atoms with Gasteiger partial charge >= 0.3 is 5.97 Å². The summed E-state index contributed by atoms with van der Waals surface area (Å²) < 4.78 is 5.20. The van der Waals surface area contributed by atoms with Crippen LogP contribution in [0.1, 0.15) is 12.5 Å². The molecule has 0 saturated carbocycles. The molecule has 0 heterocycles. The van der Waals surface area contributed by atoms with E-state index in [1.54, 1.807) is 7.11 Å². The van der Waals surface area contributed by atoms with Gasteiger partial charge in [-0.1, -0.05) is 18.2 Å². The minimum absolute atomic E-state index is 0.456. The van der Waals surface area contributed by atoms with Crippen molar-refractivity contribution in [1.82, 2.24) is 0 Å². The quantitative estimate of drug-likeness (QED) is 0.769. The molecule has 1 unspecified atom stereocenters. The van der Waals surface area contributed by atoms with Gasteiger partial charge in [0.05, 0.1) is 13.7 Å². The smallest absolute Gasteiger partial charge is 0.330 e. The Kier molecular flexibility index (Phi) is 5.13. The fourth-order valence-corrected chi connectivity index (χ4v) is 1.31. The van der Waals surface area contributed by atoms with Crippen LogP contribution in [0.5, 0.6) is 5.75 Å². The van der Waals surface area contributed by atoms with Gasteiger partial charge in [0, 0.05) is 0 Å². The third kappa shape index (κ3) is 4.22. The molecular formula is C12H16N2O3. The third-order valence-corrected chi connectivity index (χ3v) is 2.29. The second-order valence-electron chi connectivity index (χ2n) is 3.56. The van der Waals surface area contributed by atoms with Crippen molar-refractivity contribution in [3.63, 3.8) is 0 Å². The first-order chi connectivity index (χ1) is 8.15. The van der Waals surface area contributed by atoms with Crippen LogP contribution in [0, 0.1) is 0 Å². The molecule has 5 heteroatoms. The average molecular weight is 236 g/mol. The van der Waals surface area contributed by atoms with Crippen molar-refractivity contribution in [2.45, 2.75) is 19.4 Å². The standard InChI is InChI=1S/C12H16N2O3/c1-9(12(15)16)14-13-8-7-10-5-3-4-6-11(10)17-2/h3-6,9H,7-8H2,1-2H3,(H,15,16). The lowest BCUT2D eigenvalue weighted by Crippen LogP contribution is -2.12. The number of carbonyl (C=O) groups is 1. The first kappa shape index (κ1) is 13.2. The molecule has 0 saturated heterocycles. The number of ether oxygens (including phenoxy) is 1. The van der Waals surface area contributed by atoms with Gasteiger partial charge in [0.25, 0.3) is 0 Å². The number of rotatable bonds is 6. The molecule has 0 aliphatic heterocycles. The highest BCUT2D eigenvalue weighted by atomic mass is 16.5. The van der Waals surface area contributed by atoms with Crippen LogP contribution in [-0.4, -0.2) is 30.8 Å². The molecule has 0 spiro atoms. The molecule has 1 rings (SSSR count). The predicted octanol–water partition coefficient (Wildman–Crippen LogP) is 2.16. The number of carboxylic acid groups (broad SMARTS) is 1. The van der Waals surface area contributed by atoms with E-state index in [0.717, 1.165) is 11.3 Å². The molecular weight excluding hydrogens is 220 g/mol. The second kappa shape index (κ2) is 6.62. The molecule has 0 bridgehead atoms. The van der Waals surface area contributed by atoms with Crippen LogP contribution >= 0.6 is 0 Å². The minimum Gasteiger partial charge on any atom is -0.496 e. The van der Waals surface area contributed by atoms with Crippen molar-refractivity contribution in [2.24, 2.45) is 10.2 Å². The van der Waals surface area contributed by atoms with Gasteiger partial charge < -0.3 is 9.84 Å². The van der Waals surface area contributed by atoms with E-state index < -0.39 is 12.0 Å². The highest BCUT2D eigenvalue weighted by Gasteiger charge is 2.07. The van der Waals surface area contributed by atoms with E-state index in [-0.39, 0.29) is 0 Å². The number of nitrogens with zero attached hydrogens (tertiary/aromatic N) is 2. The summed E-state index contributed by atoms with van der Waals surface area (Å²) >= 11 is 0. The Bertz CT molecular complexity index is 404. The molecule has 5 nitrogen and oxygen atoms in total. The maximum absolute atomic E-state index is 10.5. The minimum atomic E-state index is -0.967. The lowest BCUT2D eigenvalue weighted by Gasteiger charge is -2.05. The number of benzene rings is 1. The molecule has 1 aromatic carbocycles. The van der Waals surface area contributed by atoms with Crippen molar-refractivity contribution < 1.29 is 14.6 Å². The Hall–Kier alpha value is -1.91. The molecule has 0 radical (unpaired) electrons. The summed E-state index contributed by atoms with van der Waals surface area (Å²) in [5, 5.41) is 16.1. The highest BCUT2D eigenvalue weighted by molar-refractivity contribution is 5.72. The number of hydrogen-bond donors (Lipinski definition) is 1. The Morgan fingerprint density at radius 1 is 1.47 bits per heavy atom. The van der Waals surface area contributed by atoms with Gasteiger partial charge in [-0.2, -0.15) is 10.2 Å². The van der Waals surface area contributed by atoms with E-state index in [1.165, 1.54) is 6.92 Å². The zero-order valence-corrected chi connectivity index (χ0v) is 9.96. The molecule has 0 fully saturated rings. The van der Waals surface area contributed by atoms with Crippen molar-refractivity contribution in [2.75, 3.05) is 13.7 Å². The number of hydrogen-bond acceptors (Lipinski definition) is 4. The molecule has 0 amide bonds. The summed E-state index contributed by atoms with van der Waals surface area (Å²) in [6, 6.07) is 6.87. The molecule has 0 aromatic heterocycles. The van der Waals surface area contributed by atoms with Gasteiger partial charge in [-0.3, -0.25) is 0 Å². The molecule has 1 aromatic rings. The first-order valence-corrected chi connectivity index (χ1v) is 5.36. The SMILES string of the molecule is COc1ccccc1CCN=NC(C)C(=O)O. The summed E-state index contributed by atoms with van der Waals surface area (Å²) in [6.07, 6.45) is 0.680. The van der Waals surface area contributed by atoms with Crippen LogP contribution in [0.15, 0.2) is 34.5 Å². The van der Waals surface area contributed by atoms with E-state index in [1.807, 2.05) is 24.3 Å². The van der Waals surface area contributed by atoms with Crippen molar-refractivity contribution in [3.05, 3.63) is 29.8 Å². The number of methoxy groups -OCH3 is 1. The van der Waals surface area contributed by atoms with Crippen molar-refractivity contribution in [3.8, 4) is 5.75 Å². The first-order valence-electron chi connectivity index (χ1n) is 5.36. The lowest BCUT2D eigenvalue weighted by molar-refractivity contribution is -0.138. The average Bonchev–Trinajstić information content (AvgIpc) is 2.34. The van der Waals surface area contributed by atoms with Crippen molar-refractivity contribution >= 4 is 5.97 Å². The maximum atomic E-state index is 10.5. The van der Waals surface area contributed by atoms with Gasteiger partial charge in [0.1, 0.15) is 5.75 Å². The van der Waals surface area contributed by atoms with E-state index in [2.05, 4.69) is 10.2 Å². The number of para-hydroxylation sites is 1. The fourth-order valence-electron chi connectivity index (χ4n) is 1.31. The fraction of sp³-hybridized carbons (Fsp3) is 0.417. The predicted molar refractivity (Wildman–Crippen MR) is 63.5 cm³/mol. The van der Waals surface area contributed by atoms with Gasteiger partial charge in [-0.05, 0) is 25.0 Å². The summed E-state index contributed by atoms with van der Waals surface area (Å²) in [7, 11) is 1.62. The summed E-state index contributed by atoms with van der Waals surface area (Å²) in [4.78, 5) is 10.5. The molecule has 0 aliphatic rings. The van der Waals surface area contributed by atoms with Gasteiger partial charge in [0.2, 0.25) is 0 Å². The molecule has 1 N–H and O–H groups in total. The zero-order valence-electron chi connectivity index (χ0n) is 9.96. The summed E-state index contributed by atoms with van der Waals surface area (Å²) in [6.45, 7) is 1.95. The van der Waals surface area contributed by atoms with Crippen LogP contribution in [0.4, 0.5) is 0 Å². The van der Waals surface area contributed by atoms with E-state index in [9.17, 15) is 4.79 Å². The van der Waals surface area contributed by atoms with E-state index >= 15 is 0 Å². The van der Waals surface area contributed by atoms with Crippen LogP contribution in [-0.2, 0) is 11.2 Å². The normalized spacial score (nSPS) is 12.6. The van der Waals surface area contributed by atoms with Crippen LogP contribution < -0.4 is 4.74 Å². The zero-order chi connectivity index (χ0) is 12.7. The Labute approximate surface area is 100 Å². The molecule has 92 valence electrons. The second-order valence-corrected chi connectivity index (χ2v) is 3.56. The summed E-state index contributed by atoms with van der Waals surface area (Å²) in [5.74, 6) is -0.153. The van der Waals surface area contributed by atoms with Gasteiger partial charge in [-0.25, -0.2) is 4.79 Å². The van der Waals surface area contributed by atoms with Gasteiger partial charge in [0.15, 0.2) is 6.04 Å². The summed E-state index contributed by atoms with van der Waals surface area (Å²) in [5.41, 5.74) is 1.04. The monoisotopic (exact) mass is 236 g/mol. The van der Waals surface area contributed by atoms with Crippen LogP contribution in [0.2, 0.25) is 0 Å². The van der Waals surface area contributed by atoms with Gasteiger partial charge in [-0.15, -0.1) is 0 Å². The van der Waals surface area contributed by atoms with Crippen LogP contribution in [0.3, 0.4) is 0 Å².